The molecule has 1 heterocycles. The van der Waals surface area contributed by atoms with Gasteiger partial charge in [-0.1, -0.05) is 19.1 Å². The maximum Gasteiger partial charge on any atom is 0.145 e. The quantitative estimate of drug-likeness (QED) is 0.836. The Morgan fingerprint density at radius 3 is 2.84 bits per heavy atom. The van der Waals surface area contributed by atoms with E-state index in [1.165, 1.54) is 6.07 Å². The van der Waals surface area contributed by atoms with Crippen LogP contribution >= 0.6 is 0 Å². The first-order valence-corrected chi connectivity index (χ1v) is 6.79. The molecular formula is C15H20FN3. The molecule has 1 unspecified atom stereocenters. The second kappa shape index (κ2) is 6.14. The van der Waals surface area contributed by atoms with Crippen LogP contribution < -0.4 is 0 Å². The van der Waals surface area contributed by atoms with Gasteiger partial charge in [0.2, 0.25) is 0 Å². The third-order valence-electron chi connectivity index (χ3n) is 3.85. The molecule has 0 aliphatic carbocycles. The van der Waals surface area contributed by atoms with E-state index in [-0.39, 0.29) is 11.4 Å². The number of likely N-dealkylation sites (N-methyl/N-ethyl adjacent to an activating group) is 1. The number of halogens is 1. The molecule has 1 atom stereocenters. The van der Waals surface area contributed by atoms with Crippen molar-refractivity contribution in [3.8, 4) is 6.07 Å². The van der Waals surface area contributed by atoms with Crippen molar-refractivity contribution in [1.29, 1.82) is 5.26 Å². The number of nitrogens with zero attached hydrogens (tertiary/aromatic N) is 3. The first-order valence-electron chi connectivity index (χ1n) is 6.79. The van der Waals surface area contributed by atoms with Crippen LogP contribution in [0.5, 0.6) is 0 Å². The van der Waals surface area contributed by atoms with Crippen LogP contribution in [0.2, 0.25) is 0 Å². The van der Waals surface area contributed by atoms with E-state index in [4.69, 9.17) is 5.26 Å². The molecule has 19 heavy (non-hydrogen) atoms. The summed E-state index contributed by atoms with van der Waals surface area (Å²) in [5.41, 5.74) is 0.758. The highest BCUT2D eigenvalue weighted by Gasteiger charge is 2.23. The zero-order valence-corrected chi connectivity index (χ0v) is 11.6. The van der Waals surface area contributed by atoms with E-state index < -0.39 is 0 Å². The second-order valence-corrected chi connectivity index (χ2v) is 5.10. The van der Waals surface area contributed by atoms with Crippen molar-refractivity contribution < 1.29 is 4.39 Å². The van der Waals surface area contributed by atoms with Gasteiger partial charge in [0.1, 0.15) is 11.9 Å². The molecule has 0 aromatic heterocycles. The number of benzene rings is 1. The summed E-state index contributed by atoms with van der Waals surface area (Å²) in [6, 6.07) is 7.44. The summed E-state index contributed by atoms with van der Waals surface area (Å²) in [6.45, 7) is 8.95. The Morgan fingerprint density at radius 2 is 2.21 bits per heavy atom. The summed E-state index contributed by atoms with van der Waals surface area (Å²) in [6.07, 6.45) is 0. The summed E-state index contributed by atoms with van der Waals surface area (Å²) in [7, 11) is 0. The maximum absolute atomic E-state index is 14.0. The number of hydrogen-bond donors (Lipinski definition) is 0. The lowest BCUT2D eigenvalue weighted by molar-refractivity contribution is 0.0827. The number of nitriles is 1. The minimum atomic E-state index is -0.365. The molecule has 1 aromatic rings. The lowest BCUT2D eigenvalue weighted by atomic mass is 10.1. The fourth-order valence-corrected chi connectivity index (χ4v) is 2.71. The van der Waals surface area contributed by atoms with Crippen LogP contribution in [0.15, 0.2) is 18.2 Å². The summed E-state index contributed by atoms with van der Waals surface area (Å²) < 4.78 is 14.0. The predicted octanol–water partition coefficient (Wildman–Crippen LogP) is 2.22. The molecule has 0 N–H and O–H groups in total. The van der Waals surface area contributed by atoms with Crippen molar-refractivity contribution in [2.24, 2.45) is 0 Å². The van der Waals surface area contributed by atoms with Crippen molar-refractivity contribution in [3.05, 3.63) is 35.1 Å². The van der Waals surface area contributed by atoms with Crippen LogP contribution in [0.4, 0.5) is 4.39 Å². The van der Waals surface area contributed by atoms with Gasteiger partial charge in [0.15, 0.2) is 0 Å². The van der Waals surface area contributed by atoms with Crippen LogP contribution in [-0.2, 0) is 6.54 Å². The van der Waals surface area contributed by atoms with Gasteiger partial charge >= 0.3 is 0 Å². The summed E-state index contributed by atoms with van der Waals surface area (Å²) >= 11 is 0. The highest BCUT2D eigenvalue weighted by molar-refractivity contribution is 5.34. The van der Waals surface area contributed by atoms with Crippen LogP contribution in [0.3, 0.4) is 0 Å². The average Bonchev–Trinajstić information content (AvgIpc) is 2.41. The first kappa shape index (κ1) is 14.0. The van der Waals surface area contributed by atoms with Crippen molar-refractivity contribution in [3.63, 3.8) is 0 Å². The smallest absolute Gasteiger partial charge is 0.145 e. The van der Waals surface area contributed by atoms with Crippen molar-refractivity contribution in [2.45, 2.75) is 26.4 Å². The van der Waals surface area contributed by atoms with Crippen LogP contribution in [0.1, 0.15) is 25.0 Å². The van der Waals surface area contributed by atoms with Gasteiger partial charge in [0.25, 0.3) is 0 Å². The normalized spacial score (nSPS) is 21.3. The molecule has 1 aliphatic heterocycles. The average molecular weight is 261 g/mol. The second-order valence-electron chi connectivity index (χ2n) is 5.10. The lowest BCUT2D eigenvalue weighted by Crippen LogP contribution is -2.51. The first-order chi connectivity index (χ1) is 9.15. The van der Waals surface area contributed by atoms with Gasteiger partial charge in [-0.25, -0.2) is 4.39 Å². The van der Waals surface area contributed by atoms with Gasteiger partial charge in [-0.15, -0.1) is 0 Å². The SMILES string of the molecule is CCN1CCN(Cc2cccc(C#N)c2F)CC1C. The minimum Gasteiger partial charge on any atom is -0.298 e. The third kappa shape index (κ3) is 3.12. The summed E-state index contributed by atoms with van der Waals surface area (Å²) in [5.74, 6) is -0.365. The summed E-state index contributed by atoms with van der Waals surface area (Å²) in [5, 5.41) is 8.85. The van der Waals surface area contributed by atoms with Crippen LogP contribution in [0, 0.1) is 17.1 Å². The molecule has 102 valence electrons. The fraction of sp³-hybridized carbons (Fsp3) is 0.533. The van der Waals surface area contributed by atoms with Crippen molar-refractivity contribution in [2.75, 3.05) is 26.2 Å². The zero-order chi connectivity index (χ0) is 13.8. The van der Waals surface area contributed by atoms with Crippen LogP contribution in [-0.4, -0.2) is 42.0 Å². The zero-order valence-electron chi connectivity index (χ0n) is 11.6. The standard InChI is InChI=1S/C15H20FN3/c1-3-19-8-7-18(10-12(19)2)11-14-6-4-5-13(9-17)15(14)16/h4-6,12H,3,7-8,10-11H2,1-2H3. The van der Waals surface area contributed by atoms with E-state index in [0.717, 1.165) is 26.2 Å². The number of piperazine rings is 1. The van der Waals surface area contributed by atoms with E-state index in [0.29, 0.717) is 18.2 Å². The molecule has 0 bridgehead atoms. The molecule has 0 amide bonds. The molecule has 1 fully saturated rings. The van der Waals surface area contributed by atoms with E-state index in [1.807, 2.05) is 6.07 Å². The molecule has 0 saturated carbocycles. The Labute approximate surface area is 114 Å². The van der Waals surface area contributed by atoms with E-state index >= 15 is 0 Å². The van der Waals surface area contributed by atoms with Gasteiger partial charge in [-0.2, -0.15) is 5.26 Å². The van der Waals surface area contributed by atoms with Gasteiger partial charge < -0.3 is 0 Å². The lowest BCUT2D eigenvalue weighted by Gasteiger charge is -2.39. The molecular weight excluding hydrogens is 241 g/mol. The Kier molecular flexibility index (Phi) is 4.52. The van der Waals surface area contributed by atoms with Gasteiger partial charge in [-0.05, 0) is 19.5 Å². The highest BCUT2D eigenvalue weighted by Crippen LogP contribution is 2.17. The van der Waals surface area contributed by atoms with Gasteiger partial charge in [0, 0.05) is 37.8 Å². The highest BCUT2D eigenvalue weighted by atomic mass is 19.1. The molecule has 3 nitrogen and oxygen atoms in total. The molecule has 1 saturated heterocycles. The largest absolute Gasteiger partial charge is 0.298 e. The molecule has 0 radical (unpaired) electrons. The van der Waals surface area contributed by atoms with Crippen molar-refractivity contribution in [1.82, 2.24) is 9.80 Å². The van der Waals surface area contributed by atoms with Gasteiger partial charge in [-0.3, -0.25) is 9.80 Å². The minimum absolute atomic E-state index is 0.137. The predicted molar refractivity (Wildman–Crippen MR) is 73.1 cm³/mol. The maximum atomic E-state index is 14.0. The van der Waals surface area contributed by atoms with E-state index in [9.17, 15) is 4.39 Å². The van der Waals surface area contributed by atoms with Gasteiger partial charge in [0.05, 0.1) is 5.56 Å². The topological polar surface area (TPSA) is 30.3 Å². The summed E-state index contributed by atoms with van der Waals surface area (Å²) in [4.78, 5) is 4.69. The number of hydrogen-bond acceptors (Lipinski definition) is 3. The van der Waals surface area contributed by atoms with E-state index in [2.05, 4.69) is 23.6 Å². The molecule has 1 aliphatic rings. The molecule has 0 spiro atoms. The molecule has 2 rings (SSSR count). The van der Waals surface area contributed by atoms with Crippen molar-refractivity contribution >= 4 is 0 Å². The molecule has 4 heteroatoms. The third-order valence-corrected chi connectivity index (χ3v) is 3.85. The Morgan fingerprint density at radius 1 is 1.42 bits per heavy atom. The fourth-order valence-electron chi connectivity index (χ4n) is 2.71. The Balaban J connectivity index is 2.05. The molecule has 1 aromatic carbocycles. The monoisotopic (exact) mass is 261 g/mol. The van der Waals surface area contributed by atoms with E-state index in [1.54, 1.807) is 12.1 Å². The van der Waals surface area contributed by atoms with Crippen LogP contribution in [0.25, 0.3) is 0 Å². The Hall–Kier alpha value is -1.44. The Bertz CT molecular complexity index is 481. The number of rotatable bonds is 3.